The summed E-state index contributed by atoms with van der Waals surface area (Å²) >= 11 is 5.63. The number of amides is 1. The summed E-state index contributed by atoms with van der Waals surface area (Å²) in [5, 5.41) is 0.289. The van der Waals surface area contributed by atoms with Crippen LogP contribution in [0.5, 0.6) is 0 Å². The van der Waals surface area contributed by atoms with Crippen LogP contribution in [0.2, 0.25) is 5.15 Å². The lowest BCUT2D eigenvalue weighted by atomic mass is 10.1. The van der Waals surface area contributed by atoms with E-state index in [1.165, 1.54) is 12.3 Å². The average Bonchev–Trinajstić information content (AvgIpc) is 2.91. The lowest BCUT2D eigenvalue weighted by molar-refractivity contribution is -0.119. The van der Waals surface area contributed by atoms with Crippen LogP contribution in [0, 0.1) is 0 Å². The van der Waals surface area contributed by atoms with Crippen molar-refractivity contribution in [2.75, 3.05) is 6.61 Å². The van der Waals surface area contributed by atoms with Crippen molar-refractivity contribution < 1.29 is 17.9 Å². The molecule has 1 N–H and O–H groups in total. The number of aromatic nitrogens is 1. The zero-order valence-corrected chi connectivity index (χ0v) is 13.0. The van der Waals surface area contributed by atoms with Crippen LogP contribution in [0.1, 0.15) is 31.2 Å². The van der Waals surface area contributed by atoms with E-state index >= 15 is 0 Å². The van der Waals surface area contributed by atoms with Gasteiger partial charge in [0.1, 0.15) is 5.15 Å². The molecule has 1 aromatic heterocycles. The van der Waals surface area contributed by atoms with Crippen LogP contribution in [-0.2, 0) is 25.3 Å². The van der Waals surface area contributed by atoms with Crippen LogP contribution in [-0.4, -0.2) is 32.0 Å². The Labute approximate surface area is 128 Å². The maximum Gasteiger partial charge on any atom is 0.239 e. The molecule has 2 rings (SSSR count). The van der Waals surface area contributed by atoms with Crippen molar-refractivity contribution in [1.82, 2.24) is 9.71 Å². The first-order valence-electron chi connectivity index (χ1n) is 6.70. The summed E-state index contributed by atoms with van der Waals surface area (Å²) in [7, 11) is -3.72. The van der Waals surface area contributed by atoms with Gasteiger partial charge in [0.2, 0.25) is 15.9 Å². The highest BCUT2D eigenvalue weighted by Gasteiger charge is 2.19. The summed E-state index contributed by atoms with van der Waals surface area (Å²) in [6, 6.07) is 3.07. The number of nitrogens with zero attached hydrogens (tertiary/aromatic N) is 1. The van der Waals surface area contributed by atoms with E-state index in [1.54, 1.807) is 6.07 Å². The number of rotatable bonds is 6. The monoisotopic (exact) mass is 332 g/mol. The molecule has 0 saturated carbocycles. The number of carbonyl (C=O) groups excluding carboxylic acids is 1. The number of hydrogen-bond acceptors (Lipinski definition) is 5. The minimum Gasteiger partial charge on any atom is -0.378 e. The molecule has 0 spiro atoms. The van der Waals surface area contributed by atoms with E-state index < -0.39 is 15.9 Å². The molecule has 0 radical (unpaired) electrons. The molecule has 1 aromatic rings. The molecular weight excluding hydrogens is 316 g/mol. The van der Waals surface area contributed by atoms with Crippen molar-refractivity contribution >= 4 is 27.5 Å². The zero-order valence-electron chi connectivity index (χ0n) is 11.4. The fraction of sp³-hybridized carbons (Fsp3) is 0.538. The van der Waals surface area contributed by atoms with Gasteiger partial charge in [-0.1, -0.05) is 17.7 Å². The van der Waals surface area contributed by atoms with Crippen LogP contribution >= 0.6 is 11.6 Å². The number of sulfonamides is 1. The van der Waals surface area contributed by atoms with Crippen LogP contribution in [0.4, 0.5) is 0 Å². The lowest BCUT2D eigenvalue weighted by Crippen LogP contribution is -2.32. The number of hydrogen-bond donors (Lipinski definition) is 1. The van der Waals surface area contributed by atoms with Gasteiger partial charge in [-0.2, -0.15) is 0 Å². The number of ether oxygens (including phenoxy) is 1. The highest BCUT2D eigenvalue weighted by Crippen LogP contribution is 2.16. The third kappa shape index (κ3) is 5.61. The first kappa shape index (κ1) is 16.2. The Hall–Kier alpha value is -1.18. The second-order valence-electron chi connectivity index (χ2n) is 4.95. The molecule has 1 saturated heterocycles. The van der Waals surface area contributed by atoms with Crippen molar-refractivity contribution in [3.05, 3.63) is 29.0 Å². The largest absolute Gasteiger partial charge is 0.378 e. The molecular formula is C13H17ClN2O4S. The van der Waals surface area contributed by atoms with E-state index in [2.05, 4.69) is 9.71 Å². The van der Waals surface area contributed by atoms with Gasteiger partial charge >= 0.3 is 0 Å². The Kier molecular flexibility index (Phi) is 5.55. The van der Waals surface area contributed by atoms with Gasteiger partial charge in [0, 0.05) is 19.2 Å². The second kappa shape index (κ2) is 7.20. The first-order chi connectivity index (χ1) is 9.94. The summed E-state index contributed by atoms with van der Waals surface area (Å²) in [6.45, 7) is 0.716. The number of halogens is 1. The predicted octanol–water partition coefficient (Wildman–Crippen LogP) is 1.64. The minimum absolute atomic E-state index is 0.0684. The van der Waals surface area contributed by atoms with E-state index in [1.807, 2.05) is 0 Å². The molecule has 1 aliphatic heterocycles. The van der Waals surface area contributed by atoms with Gasteiger partial charge in [0.15, 0.2) is 0 Å². The second-order valence-corrected chi connectivity index (χ2v) is 7.06. The molecule has 0 aromatic carbocycles. The fourth-order valence-corrected chi connectivity index (χ4v) is 3.38. The summed E-state index contributed by atoms with van der Waals surface area (Å²) in [5.41, 5.74) is 0.471. The SMILES string of the molecule is O=C(CC[C@@H]1CCCO1)NS(=O)(=O)Cc1ccc(Cl)nc1. The van der Waals surface area contributed by atoms with E-state index in [4.69, 9.17) is 16.3 Å². The molecule has 21 heavy (non-hydrogen) atoms. The van der Waals surface area contributed by atoms with Gasteiger partial charge in [-0.25, -0.2) is 13.4 Å². The summed E-state index contributed by atoms with van der Waals surface area (Å²) in [5.74, 6) is -0.810. The highest BCUT2D eigenvalue weighted by atomic mass is 35.5. The Bertz CT molecular complexity index is 583. The molecule has 8 heteroatoms. The van der Waals surface area contributed by atoms with Crippen molar-refractivity contribution in [3.8, 4) is 0 Å². The molecule has 116 valence electrons. The van der Waals surface area contributed by atoms with E-state index in [0.717, 1.165) is 12.8 Å². The van der Waals surface area contributed by atoms with E-state index in [0.29, 0.717) is 18.6 Å². The number of carbonyl (C=O) groups is 1. The zero-order chi connectivity index (χ0) is 15.3. The van der Waals surface area contributed by atoms with Gasteiger partial charge in [0.05, 0.1) is 11.9 Å². The van der Waals surface area contributed by atoms with E-state index in [9.17, 15) is 13.2 Å². The molecule has 2 heterocycles. The summed E-state index contributed by atoms with van der Waals surface area (Å²) < 4.78 is 31.2. The van der Waals surface area contributed by atoms with Crippen molar-refractivity contribution in [1.29, 1.82) is 0 Å². The minimum atomic E-state index is -3.72. The topological polar surface area (TPSA) is 85.4 Å². The van der Waals surface area contributed by atoms with Crippen LogP contribution in [0.3, 0.4) is 0 Å². The third-order valence-electron chi connectivity index (χ3n) is 3.13. The molecule has 0 unspecified atom stereocenters. The average molecular weight is 333 g/mol. The molecule has 0 aliphatic carbocycles. The third-order valence-corrected chi connectivity index (χ3v) is 4.61. The maximum atomic E-state index is 11.9. The highest BCUT2D eigenvalue weighted by molar-refractivity contribution is 7.89. The van der Waals surface area contributed by atoms with Crippen molar-refractivity contribution in [3.63, 3.8) is 0 Å². The van der Waals surface area contributed by atoms with Gasteiger partial charge in [-0.05, 0) is 30.9 Å². The fourth-order valence-electron chi connectivity index (χ4n) is 2.14. The summed E-state index contributed by atoms with van der Waals surface area (Å²) in [6.07, 6.45) is 4.05. The Morgan fingerprint density at radius 3 is 2.90 bits per heavy atom. The molecule has 6 nitrogen and oxygen atoms in total. The van der Waals surface area contributed by atoms with Gasteiger partial charge in [-0.15, -0.1) is 0 Å². The molecule has 1 fully saturated rings. The summed E-state index contributed by atoms with van der Waals surface area (Å²) in [4.78, 5) is 15.5. The number of nitrogens with one attached hydrogen (secondary N) is 1. The lowest BCUT2D eigenvalue weighted by Gasteiger charge is -2.10. The van der Waals surface area contributed by atoms with Gasteiger partial charge in [0.25, 0.3) is 0 Å². The standard InChI is InChI=1S/C13H17ClN2O4S/c14-12-5-3-10(8-15-12)9-21(18,19)16-13(17)6-4-11-2-1-7-20-11/h3,5,8,11H,1-2,4,6-7,9H2,(H,16,17)/t11-/m0/s1. The normalized spacial score (nSPS) is 18.6. The quantitative estimate of drug-likeness (QED) is 0.800. The van der Waals surface area contributed by atoms with Crippen LogP contribution < -0.4 is 4.72 Å². The molecule has 1 amide bonds. The van der Waals surface area contributed by atoms with Gasteiger partial charge < -0.3 is 4.74 Å². The van der Waals surface area contributed by atoms with E-state index in [-0.39, 0.29) is 23.4 Å². The maximum absolute atomic E-state index is 11.9. The van der Waals surface area contributed by atoms with Crippen molar-refractivity contribution in [2.24, 2.45) is 0 Å². The Morgan fingerprint density at radius 2 is 2.29 bits per heavy atom. The number of pyridine rings is 1. The molecule has 1 aliphatic rings. The Balaban J connectivity index is 1.82. The van der Waals surface area contributed by atoms with Crippen LogP contribution in [0.25, 0.3) is 0 Å². The molecule has 0 bridgehead atoms. The molecule has 1 atom stereocenters. The van der Waals surface area contributed by atoms with Gasteiger partial charge in [-0.3, -0.25) is 9.52 Å². The van der Waals surface area contributed by atoms with Crippen LogP contribution in [0.15, 0.2) is 18.3 Å². The first-order valence-corrected chi connectivity index (χ1v) is 8.73. The predicted molar refractivity (Wildman–Crippen MR) is 78.2 cm³/mol. The Morgan fingerprint density at radius 1 is 1.48 bits per heavy atom. The smallest absolute Gasteiger partial charge is 0.239 e. The van der Waals surface area contributed by atoms with Crippen molar-refractivity contribution in [2.45, 2.75) is 37.5 Å².